The number of benzene rings is 1. The van der Waals surface area contributed by atoms with Gasteiger partial charge < -0.3 is 11.5 Å². The third-order valence-corrected chi connectivity index (χ3v) is 3.60. The van der Waals surface area contributed by atoms with E-state index in [-0.39, 0.29) is 12.3 Å². The van der Waals surface area contributed by atoms with Gasteiger partial charge in [0.1, 0.15) is 0 Å². The summed E-state index contributed by atoms with van der Waals surface area (Å²) in [6.07, 6.45) is 1.09. The highest BCUT2D eigenvalue weighted by atomic mass is 16.1. The Morgan fingerprint density at radius 2 is 2.11 bits per heavy atom. The van der Waals surface area contributed by atoms with E-state index in [0.29, 0.717) is 6.04 Å². The lowest BCUT2D eigenvalue weighted by atomic mass is 9.93. The van der Waals surface area contributed by atoms with Gasteiger partial charge in [0.25, 0.3) is 0 Å². The molecule has 1 saturated heterocycles. The molecule has 1 aliphatic rings. The van der Waals surface area contributed by atoms with Crippen molar-refractivity contribution in [2.75, 3.05) is 6.54 Å². The van der Waals surface area contributed by atoms with Gasteiger partial charge in [-0.2, -0.15) is 0 Å². The molecule has 1 heterocycles. The van der Waals surface area contributed by atoms with Crippen LogP contribution in [0, 0.1) is 0 Å². The van der Waals surface area contributed by atoms with Gasteiger partial charge in [0, 0.05) is 31.1 Å². The molecule has 0 saturated carbocycles. The summed E-state index contributed by atoms with van der Waals surface area (Å²) in [6, 6.07) is 10.7. The number of nitrogens with two attached hydrogens (primary N) is 2. The zero-order chi connectivity index (χ0) is 13.2. The van der Waals surface area contributed by atoms with Gasteiger partial charge in [0.05, 0.1) is 0 Å². The zero-order valence-corrected chi connectivity index (χ0v) is 10.8. The van der Waals surface area contributed by atoms with Gasteiger partial charge in [-0.1, -0.05) is 30.3 Å². The normalized spacial score (nSPS) is 28.4. The first-order chi connectivity index (χ1) is 8.48. The molecule has 1 aromatic rings. The highest BCUT2D eigenvalue weighted by Crippen LogP contribution is 2.28. The number of amides is 1. The lowest BCUT2D eigenvalue weighted by Crippen LogP contribution is -2.45. The van der Waals surface area contributed by atoms with E-state index in [9.17, 15) is 4.79 Å². The van der Waals surface area contributed by atoms with E-state index < -0.39 is 5.54 Å². The van der Waals surface area contributed by atoms with Gasteiger partial charge in [-0.25, -0.2) is 0 Å². The number of primary amides is 1. The monoisotopic (exact) mass is 247 g/mol. The summed E-state index contributed by atoms with van der Waals surface area (Å²) in [4.78, 5) is 13.4. The number of hydrogen-bond acceptors (Lipinski definition) is 3. The summed E-state index contributed by atoms with van der Waals surface area (Å²) >= 11 is 0. The minimum Gasteiger partial charge on any atom is -0.370 e. The highest BCUT2D eigenvalue weighted by Gasteiger charge is 2.39. The molecule has 98 valence electrons. The number of hydrogen-bond donors (Lipinski definition) is 2. The fourth-order valence-electron chi connectivity index (χ4n) is 2.85. The Kier molecular flexibility index (Phi) is 3.68. The molecular formula is C14H21N3O. The van der Waals surface area contributed by atoms with E-state index in [0.717, 1.165) is 19.5 Å². The SMILES string of the molecule is CC1CC(N)(CC(N)=O)CN1Cc1ccccc1. The maximum Gasteiger partial charge on any atom is 0.219 e. The van der Waals surface area contributed by atoms with Crippen LogP contribution < -0.4 is 11.5 Å². The first kappa shape index (κ1) is 13.1. The van der Waals surface area contributed by atoms with Crippen LogP contribution in [0.4, 0.5) is 0 Å². The second-order valence-corrected chi connectivity index (χ2v) is 5.45. The first-order valence-electron chi connectivity index (χ1n) is 6.34. The first-order valence-corrected chi connectivity index (χ1v) is 6.34. The van der Waals surface area contributed by atoms with Crippen LogP contribution in [0.2, 0.25) is 0 Å². The molecule has 1 aliphatic heterocycles. The van der Waals surface area contributed by atoms with Crippen molar-refractivity contribution >= 4 is 5.91 Å². The Morgan fingerprint density at radius 1 is 1.44 bits per heavy atom. The van der Waals surface area contributed by atoms with Gasteiger partial charge in [-0.05, 0) is 18.9 Å². The molecule has 1 fully saturated rings. The van der Waals surface area contributed by atoms with Crippen molar-refractivity contribution in [2.45, 2.75) is 37.9 Å². The molecule has 0 aliphatic carbocycles. The molecule has 4 N–H and O–H groups in total. The predicted octanol–water partition coefficient (Wildman–Crippen LogP) is 0.854. The van der Waals surface area contributed by atoms with Crippen LogP contribution in [0.1, 0.15) is 25.3 Å². The van der Waals surface area contributed by atoms with Gasteiger partial charge in [-0.3, -0.25) is 9.69 Å². The summed E-state index contributed by atoms with van der Waals surface area (Å²) in [5.74, 6) is -0.314. The smallest absolute Gasteiger partial charge is 0.219 e. The number of carbonyl (C=O) groups excluding carboxylic acids is 1. The molecule has 0 aromatic heterocycles. The lowest BCUT2D eigenvalue weighted by Gasteiger charge is -2.23. The van der Waals surface area contributed by atoms with Crippen LogP contribution in [-0.2, 0) is 11.3 Å². The van der Waals surface area contributed by atoms with Crippen molar-refractivity contribution in [1.29, 1.82) is 0 Å². The van der Waals surface area contributed by atoms with Crippen LogP contribution in [0.25, 0.3) is 0 Å². The maximum atomic E-state index is 11.1. The van der Waals surface area contributed by atoms with Crippen molar-refractivity contribution in [1.82, 2.24) is 4.90 Å². The molecule has 2 rings (SSSR count). The quantitative estimate of drug-likeness (QED) is 0.828. The molecular weight excluding hydrogens is 226 g/mol. The Hall–Kier alpha value is -1.39. The Balaban J connectivity index is 2.01. The van der Waals surface area contributed by atoms with Crippen molar-refractivity contribution in [3.63, 3.8) is 0 Å². The van der Waals surface area contributed by atoms with Gasteiger partial charge in [0.15, 0.2) is 0 Å². The molecule has 2 atom stereocenters. The van der Waals surface area contributed by atoms with Crippen LogP contribution in [0.15, 0.2) is 30.3 Å². The number of rotatable bonds is 4. The molecule has 4 nitrogen and oxygen atoms in total. The maximum absolute atomic E-state index is 11.1. The lowest BCUT2D eigenvalue weighted by molar-refractivity contribution is -0.119. The van der Waals surface area contributed by atoms with E-state index in [4.69, 9.17) is 11.5 Å². The molecule has 1 amide bonds. The molecule has 0 spiro atoms. The van der Waals surface area contributed by atoms with Crippen LogP contribution >= 0.6 is 0 Å². The Labute approximate surface area is 108 Å². The third kappa shape index (κ3) is 3.09. The summed E-state index contributed by atoms with van der Waals surface area (Å²) in [5, 5.41) is 0. The summed E-state index contributed by atoms with van der Waals surface area (Å²) in [7, 11) is 0. The Morgan fingerprint density at radius 3 is 2.72 bits per heavy atom. The Bertz CT molecular complexity index is 420. The van der Waals surface area contributed by atoms with Crippen molar-refractivity contribution in [3.8, 4) is 0 Å². The fraction of sp³-hybridized carbons (Fsp3) is 0.500. The van der Waals surface area contributed by atoms with E-state index >= 15 is 0 Å². The minimum atomic E-state index is -0.458. The summed E-state index contributed by atoms with van der Waals surface area (Å²) < 4.78 is 0. The van der Waals surface area contributed by atoms with Gasteiger partial charge in [0.2, 0.25) is 5.91 Å². The molecule has 0 radical (unpaired) electrons. The molecule has 1 aromatic carbocycles. The molecule has 4 heteroatoms. The van der Waals surface area contributed by atoms with E-state index in [2.05, 4.69) is 24.0 Å². The highest BCUT2D eigenvalue weighted by molar-refractivity contribution is 5.75. The zero-order valence-electron chi connectivity index (χ0n) is 10.8. The minimum absolute atomic E-state index is 0.266. The number of nitrogens with zero attached hydrogens (tertiary/aromatic N) is 1. The standard InChI is InChI=1S/C14H21N3O/c1-11-7-14(16,8-13(15)18)10-17(11)9-12-5-3-2-4-6-12/h2-6,11H,7-10,16H2,1H3,(H2,15,18). The molecule has 0 bridgehead atoms. The summed E-state index contributed by atoms with van der Waals surface area (Å²) in [5.41, 5.74) is 12.3. The van der Waals surface area contributed by atoms with Crippen LogP contribution in [0.5, 0.6) is 0 Å². The second-order valence-electron chi connectivity index (χ2n) is 5.45. The molecule has 2 unspecified atom stereocenters. The third-order valence-electron chi connectivity index (χ3n) is 3.60. The average Bonchev–Trinajstić information content (AvgIpc) is 2.53. The number of carbonyl (C=O) groups is 1. The van der Waals surface area contributed by atoms with Gasteiger partial charge in [-0.15, -0.1) is 0 Å². The van der Waals surface area contributed by atoms with Crippen LogP contribution in [-0.4, -0.2) is 28.9 Å². The fourth-order valence-corrected chi connectivity index (χ4v) is 2.85. The van der Waals surface area contributed by atoms with Crippen molar-refractivity contribution in [2.24, 2.45) is 11.5 Å². The van der Waals surface area contributed by atoms with E-state index in [1.807, 2.05) is 18.2 Å². The van der Waals surface area contributed by atoms with Gasteiger partial charge >= 0.3 is 0 Å². The second kappa shape index (κ2) is 5.08. The van der Waals surface area contributed by atoms with E-state index in [1.165, 1.54) is 5.56 Å². The summed E-state index contributed by atoms with van der Waals surface area (Å²) in [6.45, 7) is 3.75. The predicted molar refractivity (Wildman–Crippen MR) is 71.7 cm³/mol. The van der Waals surface area contributed by atoms with E-state index in [1.54, 1.807) is 0 Å². The van der Waals surface area contributed by atoms with Crippen molar-refractivity contribution in [3.05, 3.63) is 35.9 Å². The van der Waals surface area contributed by atoms with Crippen molar-refractivity contribution < 1.29 is 4.79 Å². The van der Waals surface area contributed by atoms with Crippen LogP contribution in [0.3, 0.4) is 0 Å². The topological polar surface area (TPSA) is 72.3 Å². The molecule has 18 heavy (non-hydrogen) atoms. The largest absolute Gasteiger partial charge is 0.370 e. The average molecular weight is 247 g/mol. The number of likely N-dealkylation sites (tertiary alicyclic amines) is 1.